The van der Waals surface area contributed by atoms with E-state index < -0.39 is 6.04 Å². The highest BCUT2D eigenvalue weighted by Gasteiger charge is 2.19. The van der Waals surface area contributed by atoms with E-state index in [0.29, 0.717) is 5.13 Å². The van der Waals surface area contributed by atoms with E-state index in [1.54, 1.807) is 20.1 Å². The normalized spacial score (nSPS) is 18.0. The molecule has 0 aliphatic carbocycles. The number of piperidine rings is 1. The van der Waals surface area contributed by atoms with Gasteiger partial charge in [-0.2, -0.15) is 0 Å². The lowest BCUT2D eigenvalue weighted by Gasteiger charge is -2.30. The highest BCUT2D eigenvalue weighted by molar-refractivity contribution is 7.13. The van der Waals surface area contributed by atoms with E-state index in [0.717, 1.165) is 42.6 Å². The zero-order chi connectivity index (χ0) is 22.2. The summed E-state index contributed by atoms with van der Waals surface area (Å²) in [5.41, 5.74) is 1.83. The lowest BCUT2D eigenvalue weighted by Crippen LogP contribution is -2.40. The van der Waals surface area contributed by atoms with Gasteiger partial charge in [-0.05, 0) is 56.0 Å². The number of hydrogen-bond donors (Lipinski definition) is 2. The number of anilines is 1. The Labute approximate surface area is 187 Å². The summed E-state index contributed by atoms with van der Waals surface area (Å²) in [7, 11) is 1.60. The molecule has 2 heterocycles. The average Bonchev–Trinajstić information content (AvgIpc) is 3.19. The molecule has 0 radical (unpaired) electrons. The average molecular weight is 443 g/mol. The molecule has 2 atom stereocenters. The molecular formula is C23H30N4O3S. The van der Waals surface area contributed by atoms with Crippen LogP contribution < -0.4 is 15.4 Å². The third kappa shape index (κ3) is 7.18. The summed E-state index contributed by atoms with van der Waals surface area (Å²) < 4.78 is 5.11. The van der Waals surface area contributed by atoms with Crippen LogP contribution in [0.5, 0.6) is 5.75 Å². The van der Waals surface area contributed by atoms with Crippen molar-refractivity contribution in [3.8, 4) is 5.75 Å². The van der Waals surface area contributed by atoms with Crippen molar-refractivity contribution in [1.82, 2.24) is 15.2 Å². The van der Waals surface area contributed by atoms with E-state index in [2.05, 4.69) is 27.4 Å². The van der Waals surface area contributed by atoms with Gasteiger partial charge in [0.2, 0.25) is 11.8 Å². The first kappa shape index (κ1) is 23.0. The zero-order valence-electron chi connectivity index (χ0n) is 18.3. The predicted molar refractivity (Wildman–Crippen MR) is 124 cm³/mol. The van der Waals surface area contributed by atoms with Crippen LogP contribution in [0.15, 0.2) is 35.7 Å². The van der Waals surface area contributed by atoms with Crippen molar-refractivity contribution in [3.63, 3.8) is 0 Å². The number of aromatic nitrogens is 1. The monoisotopic (exact) mass is 442 g/mol. The van der Waals surface area contributed by atoms with Crippen molar-refractivity contribution < 1.29 is 14.3 Å². The molecule has 1 aliphatic rings. The molecule has 1 aromatic carbocycles. The Morgan fingerprint density at radius 1 is 1.35 bits per heavy atom. The second-order valence-electron chi connectivity index (χ2n) is 7.95. The maximum atomic E-state index is 12.4. The summed E-state index contributed by atoms with van der Waals surface area (Å²) >= 11 is 1.41. The number of hydrogen-bond acceptors (Lipinski definition) is 6. The van der Waals surface area contributed by atoms with Gasteiger partial charge in [-0.1, -0.05) is 19.1 Å². The van der Waals surface area contributed by atoms with Crippen LogP contribution in [0.1, 0.15) is 37.9 Å². The molecule has 1 aliphatic heterocycles. The maximum absolute atomic E-state index is 12.4. The van der Waals surface area contributed by atoms with Crippen LogP contribution in [0.4, 0.5) is 5.13 Å². The number of ether oxygens (including phenoxy) is 1. The quantitative estimate of drug-likeness (QED) is 0.611. The Morgan fingerprint density at radius 3 is 2.84 bits per heavy atom. The molecule has 0 bridgehead atoms. The standard InChI is InChI=1S/C23H30N4O3S/c1-16-5-4-12-27(13-16)14-19-15-31-23(25-19)26-22(29)17(2)24-21(28)11-8-18-6-9-20(30-3)10-7-18/h6-11,15-17H,4-5,12-14H2,1-3H3,(H,24,28)(H,25,26,29)/b11-8+. The number of thiazole rings is 1. The fourth-order valence-corrected chi connectivity index (χ4v) is 4.23. The number of rotatable bonds is 8. The first-order valence-corrected chi connectivity index (χ1v) is 11.4. The highest BCUT2D eigenvalue weighted by Crippen LogP contribution is 2.21. The van der Waals surface area contributed by atoms with Gasteiger partial charge in [-0.3, -0.25) is 14.5 Å². The molecule has 166 valence electrons. The van der Waals surface area contributed by atoms with Gasteiger partial charge < -0.3 is 15.4 Å². The number of nitrogens with one attached hydrogen (secondary N) is 2. The van der Waals surface area contributed by atoms with Crippen LogP contribution in [-0.4, -0.2) is 47.9 Å². The lowest BCUT2D eigenvalue weighted by atomic mass is 10.0. The summed E-state index contributed by atoms with van der Waals surface area (Å²) in [5, 5.41) is 8.01. The van der Waals surface area contributed by atoms with Crippen molar-refractivity contribution in [2.45, 2.75) is 39.3 Å². The van der Waals surface area contributed by atoms with Crippen molar-refractivity contribution >= 4 is 34.4 Å². The fourth-order valence-electron chi connectivity index (χ4n) is 3.52. The first-order chi connectivity index (χ1) is 14.9. The summed E-state index contributed by atoms with van der Waals surface area (Å²) in [4.78, 5) is 31.5. The number of likely N-dealkylation sites (tertiary alicyclic amines) is 1. The van der Waals surface area contributed by atoms with Crippen LogP contribution in [0.2, 0.25) is 0 Å². The van der Waals surface area contributed by atoms with Crippen LogP contribution in [0.25, 0.3) is 6.08 Å². The maximum Gasteiger partial charge on any atom is 0.248 e. The number of amides is 2. The van der Waals surface area contributed by atoms with Crippen LogP contribution in [0.3, 0.4) is 0 Å². The van der Waals surface area contributed by atoms with Crippen molar-refractivity contribution in [1.29, 1.82) is 0 Å². The molecule has 2 unspecified atom stereocenters. The SMILES string of the molecule is COc1ccc(/C=C/C(=O)NC(C)C(=O)Nc2nc(CN3CCCC(C)C3)cs2)cc1. The number of nitrogens with zero attached hydrogens (tertiary/aromatic N) is 2. The minimum atomic E-state index is -0.677. The molecule has 1 fully saturated rings. The lowest BCUT2D eigenvalue weighted by molar-refractivity contribution is -0.123. The topological polar surface area (TPSA) is 83.6 Å². The number of carbonyl (C=O) groups excluding carboxylic acids is 2. The zero-order valence-corrected chi connectivity index (χ0v) is 19.1. The second kappa shape index (κ2) is 11.1. The molecule has 31 heavy (non-hydrogen) atoms. The first-order valence-electron chi connectivity index (χ1n) is 10.5. The Balaban J connectivity index is 1.45. The van der Waals surface area contributed by atoms with Gasteiger partial charge >= 0.3 is 0 Å². The third-order valence-electron chi connectivity index (χ3n) is 5.20. The van der Waals surface area contributed by atoms with E-state index >= 15 is 0 Å². The summed E-state index contributed by atoms with van der Waals surface area (Å²) in [6.45, 7) is 6.92. The fraction of sp³-hybridized carbons (Fsp3) is 0.435. The summed E-state index contributed by atoms with van der Waals surface area (Å²) in [5.74, 6) is 0.841. The molecule has 8 heteroatoms. The van der Waals surface area contributed by atoms with Gasteiger partial charge in [-0.15, -0.1) is 11.3 Å². The van der Waals surface area contributed by atoms with Gasteiger partial charge in [0.15, 0.2) is 5.13 Å². The smallest absolute Gasteiger partial charge is 0.248 e. The highest BCUT2D eigenvalue weighted by atomic mass is 32.1. The van der Waals surface area contributed by atoms with Crippen molar-refractivity contribution in [2.24, 2.45) is 5.92 Å². The van der Waals surface area contributed by atoms with Gasteiger partial charge in [0.1, 0.15) is 11.8 Å². The van der Waals surface area contributed by atoms with Crippen LogP contribution in [-0.2, 0) is 16.1 Å². The summed E-state index contributed by atoms with van der Waals surface area (Å²) in [6.07, 6.45) is 5.60. The van der Waals surface area contributed by atoms with Gasteiger partial charge in [-0.25, -0.2) is 4.98 Å². The van der Waals surface area contributed by atoms with Gasteiger partial charge in [0, 0.05) is 24.5 Å². The van der Waals surface area contributed by atoms with E-state index in [-0.39, 0.29) is 11.8 Å². The van der Waals surface area contributed by atoms with Crippen LogP contribution in [0, 0.1) is 5.92 Å². The Morgan fingerprint density at radius 2 is 2.13 bits per heavy atom. The minimum Gasteiger partial charge on any atom is -0.497 e. The van der Waals surface area contributed by atoms with Crippen molar-refractivity contribution in [2.75, 3.05) is 25.5 Å². The Bertz CT molecular complexity index is 910. The number of benzene rings is 1. The Hall–Kier alpha value is -2.71. The van der Waals surface area contributed by atoms with E-state index in [4.69, 9.17) is 4.74 Å². The number of carbonyl (C=O) groups is 2. The van der Waals surface area contributed by atoms with E-state index in [1.807, 2.05) is 29.6 Å². The van der Waals surface area contributed by atoms with E-state index in [1.165, 1.54) is 30.3 Å². The van der Waals surface area contributed by atoms with Crippen LogP contribution >= 0.6 is 11.3 Å². The predicted octanol–water partition coefficient (Wildman–Crippen LogP) is 3.54. The van der Waals surface area contributed by atoms with E-state index in [9.17, 15) is 9.59 Å². The molecule has 2 N–H and O–H groups in total. The molecule has 7 nitrogen and oxygen atoms in total. The molecule has 2 aromatic rings. The molecule has 0 saturated carbocycles. The van der Waals surface area contributed by atoms with Gasteiger partial charge in [0.05, 0.1) is 12.8 Å². The molecule has 1 saturated heterocycles. The molecule has 1 aromatic heterocycles. The molecule has 0 spiro atoms. The molecule has 3 rings (SSSR count). The van der Waals surface area contributed by atoms with Gasteiger partial charge in [0.25, 0.3) is 0 Å². The minimum absolute atomic E-state index is 0.293. The Kier molecular flexibility index (Phi) is 8.20. The molecular weight excluding hydrogens is 412 g/mol. The van der Waals surface area contributed by atoms with Crippen molar-refractivity contribution in [3.05, 3.63) is 47.0 Å². The third-order valence-corrected chi connectivity index (χ3v) is 6.01. The largest absolute Gasteiger partial charge is 0.497 e. The summed E-state index contributed by atoms with van der Waals surface area (Å²) in [6, 6.07) is 6.67. The second-order valence-corrected chi connectivity index (χ2v) is 8.81. The molecule has 2 amide bonds. The number of methoxy groups -OCH3 is 1.